The topological polar surface area (TPSA) is 69.2 Å². The van der Waals surface area contributed by atoms with E-state index in [1.54, 1.807) is 24.3 Å². The second-order valence-electron chi connectivity index (χ2n) is 3.60. The Balaban J connectivity index is 2.49. The number of hydrogen-bond acceptors (Lipinski definition) is 4. The van der Waals surface area contributed by atoms with Gasteiger partial charge in [-0.1, -0.05) is 47.1 Å². The molecule has 0 aliphatic rings. The van der Waals surface area contributed by atoms with Gasteiger partial charge in [0.1, 0.15) is 4.90 Å². The maximum absolute atomic E-state index is 11.0. The van der Waals surface area contributed by atoms with Gasteiger partial charge in [0.2, 0.25) is 0 Å². The molecule has 0 bridgehead atoms. The molecular formula is C12H8Cl2N2O2S. The Hall–Kier alpha value is -1.43. The summed E-state index contributed by atoms with van der Waals surface area (Å²) in [6.45, 7) is 0. The first-order valence-corrected chi connectivity index (χ1v) is 6.72. The third kappa shape index (κ3) is 2.94. The Labute approximate surface area is 123 Å². The SMILES string of the molecule is Nc1c(Cl)cccc1Sc1c(Cl)cccc1[N+](=O)[O-]. The monoisotopic (exact) mass is 314 g/mol. The van der Waals surface area contributed by atoms with Gasteiger partial charge in [-0.2, -0.15) is 0 Å². The number of rotatable bonds is 3. The molecule has 98 valence electrons. The van der Waals surface area contributed by atoms with Crippen LogP contribution in [0.4, 0.5) is 11.4 Å². The molecule has 0 fully saturated rings. The highest BCUT2D eigenvalue weighted by atomic mass is 35.5. The van der Waals surface area contributed by atoms with Crippen LogP contribution in [0.3, 0.4) is 0 Å². The Morgan fingerprint density at radius 3 is 2.42 bits per heavy atom. The van der Waals surface area contributed by atoms with Gasteiger partial charge in [-0.15, -0.1) is 0 Å². The fourth-order valence-electron chi connectivity index (χ4n) is 1.46. The van der Waals surface area contributed by atoms with Crippen molar-refractivity contribution in [3.05, 3.63) is 56.6 Å². The first-order valence-electron chi connectivity index (χ1n) is 5.15. The van der Waals surface area contributed by atoms with Crippen LogP contribution in [0.1, 0.15) is 0 Å². The summed E-state index contributed by atoms with van der Waals surface area (Å²) in [5, 5.41) is 11.7. The Morgan fingerprint density at radius 1 is 1.11 bits per heavy atom. The van der Waals surface area contributed by atoms with E-state index in [0.29, 0.717) is 25.5 Å². The highest BCUT2D eigenvalue weighted by Gasteiger charge is 2.19. The van der Waals surface area contributed by atoms with Gasteiger partial charge in [-0.3, -0.25) is 10.1 Å². The van der Waals surface area contributed by atoms with Crippen LogP contribution in [0, 0.1) is 10.1 Å². The number of para-hydroxylation sites is 1. The van der Waals surface area contributed by atoms with Gasteiger partial charge in [0.15, 0.2) is 0 Å². The molecule has 19 heavy (non-hydrogen) atoms. The highest BCUT2D eigenvalue weighted by molar-refractivity contribution is 7.99. The summed E-state index contributed by atoms with van der Waals surface area (Å²) in [7, 11) is 0. The molecule has 7 heteroatoms. The number of anilines is 1. The summed E-state index contributed by atoms with van der Waals surface area (Å²) >= 11 is 13.1. The molecule has 2 rings (SSSR count). The summed E-state index contributed by atoms with van der Waals surface area (Å²) in [4.78, 5) is 11.5. The third-order valence-corrected chi connectivity index (χ3v) is 4.33. The summed E-state index contributed by atoms with van der Waals surface area (Å²) in [5.41, 5.74) is 6.16. The van der Waals surface area contributed by atoms with Crippen molar-refractivity contribution < 1.29 is 4.92 Å². The van der Waals surface area contributed by atoms with E-state index in [9.17, 15) is 10.1 Å². The maximum atomic E-state index is 11.0. The zero-order valence-corrected chi connectivity index (χ0v) is 11.8. The number of benzene rings is 2. The zero-order chi connectivity index (χ0) is 14.0. The minimum absolute atomic E-state index is 0.0584. The average Bonchev–Trinajstić information content (AvgIpc) is 2.36. The molecule has 2 aromatic carbocycles. The van der Waals surface area contributed by atoms with Crippen molar-refractivity contribution in [2.45, 2.75) is 9.79 Å². The quantitative estimate of drug-likeness (QED) is 0.509. The zero-order valence-electron chi connectivity index (χ0n) is 9.47. The van der Waals surface area contributed by atoms with Crippen LogP contribution >= 0.6 is 35.0 Å². The molecule has 0 aromatic heterocycles. The predicted molar refractivity (Wildman–Crippen MR) is 78.1 cm³/mol. The van der Waals surface area contributed by atoms with Crippen molar-refractivity contribution in [1.29, 1.82) is 0 Å². The van der Waals surface area contributed by atoms with Crippen molar-refractivity contribution in [1.82, 2.24) is 0 Å². The van der Waals surface area contributed by atoms with E-state index in [1.807, 2.05) is 0 Å². The van der Waals surface area contributed by atoms with E-state index in [-0.39, 0.29) is 5.69 Å². The van der Waals surface area contributed by atoms with Crippen molar-refractivity contribution >= 4 is 46.3 Å². The molecule has 4 nitrogen and oxygen atoms in total. The van der Waals surface area contributed by atoms with E-state index in [2.05, 4.69) is 0 Å². The molecular weight excluding hydrogens is 307 g/mol. The van der Waals surface area contributed by atoms with Crippen molar-refractivity contribution in [3.8, 4) is 0 Å². The molecule has 0 spiro atoms. The second kappa shape index (κ2) is 5.69. The van der Waals surface area contributed by atoms with Crippen molar-refractivity contribution in [3.63, 3.8) is 0 Å². The fraction of sp³-hybridized carbons (Fsp3) is 0. The van der Waals surface area contributed by atoms with E-state index in [1.165, 1.54) is 12.1 Å². The number of nitrogens with zero attached hydrogens (tertiary/aromatic N) is 1. The molecule has 2 aromatic rings. The lowest BCUT2D eigenvalue weighted by atomic mass is 10.3. The van der Waals surface area contributed by atoms with E-state index in [0.717, 1.165) is 11.8 Å². The lowest BCUT2D eigenvalue weighted by Crippen LogP contribution is -1.93. The van der Waals surface area contributed by atoms with E-state index < -0.39 is 4.92 Å². The number of nitrogens with two attached hydrogens (primary N) is 1. The number of nitro groups is 1. The second-order valence-corrected chi connectivity index (χ2v) is 5.47. The van der Waals surface area contributed by atoms with Gasteiger partial charge >= 0.3 is 0 Å². The first-order chi connectivity index (χ1) is 9.00. The molecule has 0 aliphatic carbocycles. The molecule has 0 saturated carbocycles. The summed E-state index contributed by atoms with van der Waals surface area (Å²) < 4.78 is 0. The molecule has 0 heterocycles. The Bertz CT molecular complexity index is 650. The van der Waals surface area contributed by atoms with Gasteiger partial charge in [0, 0.05) is 11.0 Å². The van der Waals surface area contributed by atoms with Crippen molar-refractivity contribution in [2.75, 3.05) is 5.73 Å². The standard InChI is InChI=1S/C12H8Cl2N2O2S/c13-7-3-2-6-10(11(7)15)19-12-8(14)4-1-5-9(12)16(17)18/h1-6H,15H2. The molecule has 2 N–H and O–H groups in total. The highest BCUT2D eigenvalue weighted by Crippen LogP contribution is 2.43. The van der Waals surface area contributed by atoms with Crippen LogP contribution in [0.5, 0.6) is 0 Å². The van der Waals surface area contributed by atoms with Crippen LogP contribution in [0.2, 0.25) is 10.0 Å². The summed E-state index contributed by atoms with van der Waals surface area (Å²) in [6.07, 6.45) is 0. The van der Waals surface area contributed by atoms with Crippen molar-refractivity contribution in [2.24, 2.45) is 0 Å². The number of hydrogen-bond donors (Lipinski definition) is 1. The lowest BCUT2D eigenvalue weighted by molar-refractivity contribution is -0.387. The molecule has 0 aliphatic heterocycles. The Morgan fingerprint density at radius 2 is 1.74 bits per heavy atom. The van der Waals surface area contributed by atoms with Gasteiger partial charge in [0.25, 0.3) is 5.69 Å². The normalized spacial score (nSPS) is 10.4. The summed E-state index contributed by atoms with van der Waals surface area (Å²) in [6, 6.07) is 9.64. The lowest BCUT2D eigenvalue weighted by Gasteiger charge is -2.08. The fourth-order valence-corrected chi connectivity index (χ4v) is 2.97. The maximum Gasteiger partial charge on any atom is 0.284 e. The molecule has 0 amide bonds. The van der Waals surface area contributed by atoms with Gasteiger partial charge in [-0.25, -0.2) is 0 Å². The van der Waals surface area contributed by atoms with Gasteiger partial charge in [0.05, 0.1) is 20.7 Å². The number of halogens is 2. The van der Waals surface area contributed by atoms with Gasteiger partial charge in [-0.05, 0) is 18.2 Å². The molecule has 0 atom stereocenters. The number of nitro benzene ring substituents is 1. The largest absolute Gasteiger partial charge is 0.397 e. The predicted octanol–water partition coefficient (Wildman–Crippen LogP) is 4.64. The average molecular weight is 315 g/mol. The molecule has 0 saturated heterocycles. The van der Waals surface area contributed by atoms with Crippen LogP contribution < -0.4 is 5.73 Å². The van der Waals surface area contributed by atoms with E-state index in [4.69, 9.17) is 28.9 Å². The van der Waals surface area contributed by atoms with Crippen LogP contribution in [0.15, 0.2) is 46.2 Å². The van der Waals surface area contributed by atoms with Crippen LogP contribution in [-0.2, 0) is 0 Å². The summed E-state index contributed by atoms with van der Waals surface area (Å²) in [5.74, 6) is 0. The van der Waals surface area contributed by atoms with Gasteiger partial charge < -0.3 is 5.73 Å². The minimum atomic E-state index is -0.477. The third-order valence-electron chi connectivity index (χ3n) is 2.37. The van der Waals surface area contributed by atoms with Crippen LogP contribution in [0.25, 0.3) is 0 Å². The Kier molecular flexibility index (Phi) is 4.19. The molecule has 0 radical (unpaired) electrons. The minimum Gasteiger partial charge on any atom is -0.397 e. The number of nitrogen functional groups attached to an aromatic ring is 1. The molecule has 0 unspecified atom stereocenters. The van der Waals surface area contributed by atoms with E-state index >= 15 is 0 Å². The smallest absolute Gasteiger partial charge is 0.284 e. The van der Waals surface area contributed by atoms with Crippen LogP contribution in [-0.4, -0.2) is 4.92 Å². The first kappa shape index (κ1) is 14.0.